The van der Waals surface area contributed by atoms with Crippen molar-refractivity contribution in [3.8, 4) is 11.8 Å². The average molecular weight is 402 g/mol. The lowest BCUT2D eigenvalue weighted by Crippen LogP contribution is -2.04. The average Bonchev–Trinajstić information content (AvgIpc) is 2.98. The van der Waals surface area contributed by atoms with Gasteiger partial charge in [-0.1, -0.05) is 12.1 Å². The molecule has 0 aliphatic rings. The maximum Gasteiger partial charge on any atom is 0.164 e. The van der Waals surface area contributed by atoms with Crippen molar-refractivity contribution >= 4 is 12.0 Å². The van der Waals surface area contributed by atoms with Crippen LogP contribution in [-0.4, -0.2) is 22.9 Å². The summed E-state index contributed by atoms with van der Waals surface area (Å²) in [5, 5.41) is 13.9. The Hall–Kier alpha value is -3.43. The highest BCUT2D eigenvalue weighted by Gasteiger charge is 2.13. The predicted molar refractivity (Wildman–Crippen MR) is 120 cm³/mol. The maximum absolute atomic E-state index is 9.55. The van der Waals surface area contributed by atoms with Gasteiger partial charge in [0.15, 0.2) is 5.82 Å². The third kappa shape index (κ3) is 4.12. The normalized spacial score (nSPS) is 11.1. The van der Waals surface area contributed by atoms with Gasteiger partial charge in [-0.3, -0.25) is 5.43 Å². The number of aryl methyl sites for hydroxylation is 3. The number of hydrogen-bond donors (Lipinski definition) is 1. The summed E-state index contributed by atoms with van der Waals surface area (Å²) in [6.07, 6.45) is 1.77. The highest BCUT2D eigenvalue weighted by molar-refractivity contribution is 5.83. The van der Waals surface area contributed by atoms with Crippen LogP contribution in [0.2, 0.25) is 0 Å². The summed E-state index contributed by atoms with van der Waals surface area (Å²) in [5.74, 6) is 0.434. The Morgan fingerprint density at radius 1 is 1.20 bits per heavy atom. The van der Waals surface area contributed by atoms with Gasteiger partial charge in [0.1, 0.15) is 11.6 Å². The molecule has 2 heterocycles. The zero-order valence-electron chi connectivity index (χ0n) is 18.4. The Bertz CT molecular complexity index is 1150. The van der Waals surface area contributed by atoms with Gasteiger partial charge in [-0.25, -0.2) is 4.98 Å². The quantitative estimate of drug-likeness (QED) is 0.472. The van der Waals surface area contributed by atoms with Gasteiger partial charge < -0.3 is 9.30 Å². The van der Waals surface area contributed by atoms with Gasteiger partial charge in [0.05, 0.1) is 12.8 Å². The van der Waals surface area contributed by atoms with E-state index < -0.39 is 0 Å². The van der Waals surface area contributed by atoms with Crippen LogP contribution in [0.5, 0.6) is 0 Å². The van der Waals surface area contributed by atoms with Crippen LogP contribution in [0.1, 0.15) is 44.9 Å². The first-order valence-electron chi connectivity index (χ1n) is 9.81. The van der Waals surface area contributed by atoms with Crippen LogP contribution in [0.3, 0.4) is 0 Å². The summed E-state index contributed by atoms with van der Waals surface area (Å²) in [6.45, 7) is 10.7. The fourth-order valence-electron chi connectivity index (χ4n) is 3.65. The number of nitrogens with zero attached hydrogens (tertiary/aromatic N) is 4. The van der Waals surface area contributed by atoms with Crippen LogP contribution in [0.15, 0.2) is 35.4 Å². The third-order valence-electron chi connectivity index (χ3n) is 5.30. The molecule has 2 aromatic heterocycles. The lowest BCUT2D eigenvalue weighted by molar-refractivity contribution is 0.184. The number of aromatic nitrogens is 2. The molecule has 6 nitrogen and oxygen atoms in total. The van der Waals surface area contributed by atoms with Crippen molar-refractivity contribution in [1.29, 1.82) is 5.26 Å². The molecule has 0 bridgehead atoms. The standard InChI is InChI=1S/C24H27N5O/c1-15-8-7-9-23(18(15)4)29-17(3)11-20(19(29)5)13-26-28-24-22(12-25)21(14-30-6)10-16(2)27-24/h7-11,13H,14H2,1-6H3,(H,27,28)/b26-13-. The molecule has 0 spiro atoms. The van der Waals surface area contributed by atoms with Crippen molar-refractivity contribution in [2.75, 3.05) is 12.5 Å². The van der Waals surface area contributed by atoms with E-state index in [0.29, 0.717) is 18.0 Å². The Morgan fingerprint density at radius 2 is 1.97 bits per heavy atom. The Balaban J connectivity index is 1.92. The van der Waals surface area contributed by atoms with Gasteiger partial charge in [0, 0.05) is 41.0 Å². The molecule has 0 aliphatic carbocycles. The molecule has 0 amide bonds. The zero-order valence-corrected chi connectivity index (χ0v) is 18.4. The summed E-state index contributed by atoms with van der Waals surface area (Å²) in [5.41, 5.74) is 11.9. The minimum Gasteiger partial charge on any atom is -0.380 e. The second kappa shape index (κ2) is 8.93. The minimum absolute atomic E-state index is 0.349. The van der Waals surface area contributed by atoms with Crippen molar-refractivity contribution in [3.63, 3.8) is 0 Å². The molecule has 0 saturated carbocycles. The van der Waals surface area contributed by atoms with Gasteiger partial charge in [-0.15, -0.1) is 0 Å². The summed E-state index contributed by atoms with van der Waals surface area (Å²) in [4.78, 5) is 4.42. The summed E-state index contributed by atoms with van der Waals surface area (Å²) >= 11 is 0. The Morgan fingerprint density at radius 3 is 2.67 bits per heavy atom. The van der Waals surface area contributed by atoms with Gasteiger partial charge >= 0.3 is 0 Å². The van der Waals surface area contributed by atoms with Crippen molar-refractivity contribution in [1.82, 2.24) is 9.55 Å². The van der Waals surface area contributed by atoms with Crippen LogP contribution >= 0.6 is 0 Å². The van der Waals surface area contributed by atoms with Crippen LogP contribution in [0.25, 0.3) is 5.69 Å². The second-order valence-corrected chi connectivity index (χ2v) is 7.44. The van der Waals surface area contributed by atoms with Gasteiger partial charge in [0.2, 0.25) is 0 Å². The van der Waals surface area contributed by atoms with Crippen molar-refractivity contribution in [3.05, 3.63) is 75.2 Å². The predicted octanol–water partition coefficient (Wildman–Crippen LogP) is 4.88. The maximum atomic E-state index is 9.55. The lowest BCUT2D eigenvalue weighted by atomic mass is 10.1. The molecule has 0 unspecified atom stereocenters. The topological polar surface area (TPSA) is 75.2 Å². The van der Waals surface area contributed by atoms with Crippen molar-refractivity contribution < 1.29 is 4.74 Å². The summed E-state index contributed by atoms with van der Waals surface area (Å²) in [6, 6.07) is 12.5. The van der Waals surface area contributed by atoms with E-state index in [0.717, 1.165) is 28.2 Å². The monoisotopic (exact) mass is 401 g/mol. The van der Waals surface area contributed by atoms with E-state index >= 15 is 0 Å². The summed E-state index contributed by atoms with van der Waals surface area (Å²) < 4.78 is 7.44. The first kappa shape index (κ1) is 21.3. The number of hydrazone groups is 1. The number of benzene rings is 1. The van der Waals surface area contributed by atoms with Crippen molar-refractivity contribution in [2.24, 2.45) is 5.10 Å². The number of methoxy groups -OCH3 is 1. The molecule has 1 N–H and O–H groups in total. The van der Waals surface area contributed by atoms with E-state index in [1.165, 1.54) is 16.8 Å². The van der Waals surface area contributed by atoms with E-state index in [-0.39, 0.29) is 0 Å². The number of pyridine rings is 1. The zero-order chi connectivity index (χ0) is 21.8. The van der Waals surface area contributed by atoms with E-state index in [1.54, 1.807) is 13.3 Å². The SMILES string of the molecule is COCc1cc(C)nc(N/N=C\c2cc(C)n(-c3cccc(C)c3C)c2C)c1C#N. The highest BCUT2D eigenvalue weighted by Crippen LogP contribution is 2.24. The first-order chi connectivity index (χ1) is 14.4. The van der Waals surface area contributed by atoms with Crippen LogP contribution in [0.4, 0.5) is 5.82 Å². The molecule has 0 aliphatic heterocycles. The van der Waals surface area contributed by atoms with E-state index in [2.05, 4.69) is 78.1 Å². The Kier molecular flexibility index (Phi) is 6.34. The molecule has 0 radical (unpaired) electrons. The summed E-state index contributed by atoms with van der Waals surface area (Å²) in [7, 11) is 1.61. The molecule has 3 aromatic rings. The molecule has 154 valence electrons. The molecule has 0 atom stereocenters. The molecule has 3 rings (SSSR count). The molecular weight excluding hydrogens is 374 g/mol. The molecule has 0 fully saturated rings. The molecule has 6 heteroatoms. The van der Waals surface area contributed by atoms with Gasteiger partial charge in [-0.05, 0) is 63.9 Å². The minimum atomic E-state index is 0.349. The van der Waals surface area contributed by atoms with E-state index in [4.69, 9.17) is 4.74 Å². The fourth-order valence-corrected chi connectivity index (χ4v) is 3.65. The number of nitrogens with one attached hydrogen (secondary N) is 1. The Labute approximate surface area is 177 Å². The molecular formula is C24H27N5O. The number of nitriles is 1. The van der Waals surface area contributed by atoms with E-state index in [1.807, 2.05) is 13.0 Å². The smallest absolute Gasteiger partial charge is 0.164 e. The van der Waals surface area contributed by atoms with E-state index in [9.17, 15) is 5.26 Å². The second-order valence-electron chi connectivity index (χ2n) is 7.44. The largest absolute Gasteiger partial charge is 0.380 e. The molecule has 30 heavy (non-hydrogen) atoms. The lowest BCUT2D eigenvalue weighted by Gasteiger charge is -2.14. The number of rotatable bonds is 6. The number of ether oxygens (including phenoxy) is 1. The van der Waals surface area contributed by atoms with Crippen molar-refractivity contribution in [2.45, 2.75) is 41.2 Å². The van der Waals surface area contributed by atoms with Crippen LogP contribution in [0, 0.1) is 45.9 Å². The number of hydrogen-bond acceptors (Lipinski definition) is 5. The molecule has 1 aromatic carbocycles. The first-order valence-corrected chi connectivity index (χ1v) is 9.81. The van der Waals surface area contributed by atoms with Crippen LogP contribution in [-0.2, 0) is 11.3 Å². The highest BCUT2D eigenvalue weighted by atomic mass is 16.5. The number of anilines is 1. The fraction of sp³-hybridized carbons (Fsp3) is 0.292. The van der Waals surface area contributed by atoms with Crippen LogP contribution < -0.4 is 5.43 Å². The van der Waals surface area contributed by atoms with Gasteiger partial charge in [-0.2, -0.15) is 10.4 Å². The third-order valence-corrected chi connectivity index (χ3v) is 5.30. The van der Waals surface area contributed by atoms with Gasteiger partial charge in [0.25, 0.3) is 0 Å². The molecule has 0 saturated heterocycles.